The summed E-state index contributed by atoms with van der Waals surface area (Å²) in [6.45, 7) is 2.57. The number of amides is 1. The SMILES string of the molecule is CC(=O)N[C@H]1[C@H]([C@H](OCc2ccccc2)[C@@H](COCc2ccccc2)OCc2ccccc2)OC(C(=O)OCc2ccccc2)=C[C@@H]1OCc1ccccc1. The first-order chi connectivity index (χ1) is 27.0. The molecule has 1 N–H and O–H groups in total. The number of hydrogen-bond donors (Lipinski definition) is 1. The molecule has 55 heavy (non-hydrogen) atoms. The van der Waals surface area contributed by atoms with Gasteiger partial charge in [0.2, 0.25) is 11.7 Å². The third-order valence-corrected chi connectivity index (χ3v) is 9.03. The van der Waals surface area contributed by atoms with E-state index >= 15 is 0 Å². The van der Waals surface area contributed by atoms with Crippen LogP contribution in [0.25, 0.3) is 0 Å². The zero-order valence-corrected chi connectivity index (χ0v) is 30.9. The van der Waals surface area contributed by atoms with Crippen LogP contribution in [-0.2, 0) is 71.0 Å². The first-order valence-corrected chi connectivity index (χ1v) is 18.5. The molecule has 5 aromatic rings. The van der Waals surface area contributed by atoms with E-state index in [9.17, 15) is 9.59 Å². The van der Waals surface area contributed by atoms with Gasteiger partial charge in [0.05, 0.1) is 39.1 Å². The van der Waals surface area contributed by atoms with E-state index in [1.54, 1.807) is 6.08 Å². The highest BCUT2D eigenvalue weighted by Gasteiger charge is 2.46. The summed E-state index contributed by atoms with van der Waals surface area (Å²) >= 11 is 0. The van der Waals surface area contributed by atoms with Gasteiger partial charge in [-0.25, -0.2) is 4.79 Å². The molecule has 0 spiro atoms. The van der Waals surface area contributed by atoms with Crippen LogP contribution in [0.4, 0.5) is 0 Å². The molecular weight excluding hydrogens is 695 g/mol. The minimum absolute atomic E-state index is 0.0414. The average Bonchev–Trinajstić information content (AvgIpc) is 3.23. The van der Waals surface area contributed by atoms with E-state index in [-0.39, 0.29) is 44.7 Å². The molecule has 6 rings (SSSR count). The minimum atomic E-state index is -0.987. The Bertz CT molecular complexity index is 1910. The highest BCUT2D eigenvalue weighted by atomic mass is 16.6. The number of benzene rings is 5. The lowest BCUT2D eigenvalue weighted by atomic mass is 9.93. The number of ether oxygens (including phenoxy) is 6. The highest BCUT2D eigenvalue weighted by Crippen LogP contribution is 2.30. The van der Waals surface area contributed by atoms with Crippen molar-refractivity contribution in [2.24, 2.45) is 0 Å². The molecule has 0 bridgehead atoms. The number of rotatable bonds is 19. The lowest BCUT2D eigenvalue weighted by molar-refractivity contribution is -0.182. The van der Waals surface area contributed by atoms with Crippen LogP contribution in [0.15, 0.2) is 163 Å². The quantitative estimate of drug-likeness (QED) is 0.0870. The summed E-state index contributed by atoms with van der Waals surface area (Å²) in [5.41, 5.74) is 4.61. The molecular formula is C46H47NO8. The van der Waals surface area contributed by atoms with Crippen molar-refractivity contribution in [2.45, 2.75) is 70.4 Å². The summed E-state index contributed by atoms with van der Waals surface area (Å²) in [5.74, 6) is -1.03. The number of esters is 1. The van der Waals surface area contributed by atoms with Crippen molar-refractivity contribution >= 4 is 11.9 Å². The molecule has 0 fully saturated rings. The molecule has 1 aliphatic heterocycles. The Kier molecular flexibility index (Phi) is 14.8. The van der Waals surface area contributed by atoms with Crippen LogP contribution in [-0.4, -0.2) is 48.9 Å². The van der Waals surface area contributed by atoms with E-state index in [4.69, 9.17) is 28.4 Å². The van der Waals surface area contributed by atoms with Crippen molar-refractivity contribution in [1.29, 1.82) is 0 Å². The molecule has 0 saturated carbocycles. The number of nitrogens with one attached hydrogen (secondary N) is 1. The molecule has 0 saturated heterocycles. The van der Waals surface area contributed by atoms with Gasteiger partial charge in [-0.15, -0.1) is 0 Å². The molecule has 0 aliphatic carbocycles. The predicted molar refractivity (Wildman–Crippen MR) is 208 cm³/mol. The van der Waals surface area contributed by atoms with Crippen molar-refractivity contribution in [3.05, 3.63) is 191 Å². The fourth-order valence-corrected chi connectivity index (χ4v) is 6.26. The van der Waals surface area contributed by atoms with Gasteiger partial charge in [-0.1, -0.05) is 152 Å². The Hall–Kier alpha value is -5.58. The van der Waals surface area contributed by atoms with Gasteiger partial charge in [-0.3, -0.25) is 4.79 Å². The normalized spacial score (nSPS) is 17.6. The monoisotopic (exact) mass is 741 g/mol. The first kappa shape index (κ1) is 39.1. The fourth-order valence-electron chi connectivity index (χ4n) is 6.26. The van der Waals surface area contributed by atoms with Gasteiger partial charge in [-0.05, 0) is 33.9 Å². The van der Waals surface area contributed by atoms with Crippen LogP contribution in [0.2, 0.25) is 0 Å². The van der Waals surface area contributed by atoms with Crippen LogP contribution in [0.5, 0.6) is 0 Å². The molecule has 1 amide bonds. The van der Waals surface area contributed by atoms with Crippen molar-refractivity contribution < 1.29 is 38.0 Å². The third kappa shape index (κ3) is 12.2. The van der Waals surface area contributed by atoms with E-state index in [0.717, 1.165) is 27.8 Å². The van der Waals surface area contributed by atoms with E-state index in [1.807, 2.05) is 152 Å². The Morgan fingerprint density at radius 1 is 0.600 bits per heavy atom. The number of carbonyl (C=O) groups excluding carboxylic acids is 2. The summed E-state index contributed by atoms with van der Waals surface area (Å²) in [6.07, 6.45) is -1.84. The second kappa shape index (κ2) is 20.8. The lowest BCUT2D eigenvalue weighted by Gasteiger charge is -2.42. The van der Waals surface area contributed by atoms with E-state index in [2.05, 4.69) is 5.32 Å². The maximum atomic E-state index is 13.8. The molecule has 0 radical (unpaired) electrons. The zero-order chi connectivity index (χ0) is 38.1. The largest absolute Gasteiger partial charge is 0.478 e. The van der Waals surface area contributed by atoms with Crippen LogP contribution in [0.1, 0.15) is 34.7 Å². The van der Waals surface area contributed by atoms with E-state index in [0.29, 0.717) is 6.61 Å². The lowest BCUT2D eigenvalue weighted by Crippen LogP contribution is -2.61. The van der Waals surface area contributed by atoms with Gasteiger partial charge in [0.15, 0.2) is 6.10 Å². The van der Waals surface area contributed by atoms with Crippen LogP contribution in [0.3, 0.4) is 0 Å². The summed E-state index contributed by atoms with van der Waals surface area (Å²) in [4.78, 5) is 26.8. The molecule has 0 aromatic heterocycles. The maximum Gasteiger partial charge on any atom is 0.373 e. The smallest absolute Gasteiger partial charge is 0.373 e. The van der Waals surface area contributed by atoms with E-state index in [1.165, 1.54) is 6.92 Å². The number of hydrogen-bond acceptors (Lipinski definition) is 8. The standard InChI is InChI=1S/C46H47NO8/c1-34(48)47-43-40(51-29-36-19-9-3-10-20-36)27-41(46(49)54-32-39-25-15-6-16-26-39)55-45(43)44(53-31-38-23-13-5-14-24-38)42(52-30-37-21-11-4-12-22-37)33-50-28-35-17-7-2-8-18-35/h2-27,40,42-45H,28-33H2,1H3,(H,47,48)/t40-,42+,43+,44+,45+/m0/s1. The average molecular weight is 742 g/mol. The van der Waals surface area contributed by atoms with Crippen molar-refractivity contribution in [2.75, 3.05) is 6.61 Å². The predicted octanol–water partition coefficient (Wildman–Crippen LogP) is 7.49. The van der Waals surface area contributed by atoms with Crippen LogP contribution in [0, 0.1) is 0 Å². The molecule has 9 heteroatoms. The van der Waals surface area contributed by atoms with Crippen molar-refractivity contribution in [3.63, 3.8) is 0 Å². The summed E-state index contributed by atoms with van der Waals surface area (Å²) in [6, 6.07) is 47.7. The van der Waals surface area contributed by atoms with Crippen LogP contribution < -0.4 is 5.32 Å². The second-order valence-corrected chi connectivity index (χ2v) is 13.3. The Morgan fingerprint density at radius 3 is 1.56 bits per heavy atom. The minimum Gasteiger partial charge on any atom is -0.478 e. The van der Waals surface area contributed by atoms with Crippen molar-refractivity contribution in [3.8, 4) is 0 Å². The van der Waals surface area contributed by atoms with Gasteiger partial charge in [0.1, 0.15) is 24.9 Å². The van der Waals surface area contributed by atoms with Gasteiger partial charge in [0, 0.05) is 6.92 Å². The highest BCUT2D eigenvalue weighted by molar-refractivity contribution is 5.86. The van der Waals surface area contributed by atoms with Gasteiger partial charge in [0.25, 0.3) is 0 Å². The maximum absolute atomic E-state index is 13.8. The topological polar surface area (TPSA) is 102 Å². The molecule has 0 unspecified atom stereocenters. The molecule has 5 aromatic carbocycles. The van der Waals surface area contributed by atoms with Gasteiger partial charge >= 0.3 is 5.97 Å². The summed E-state index contributed by atoms with van der Waals surface area (Å²) in [5, 5.41) is 3.06. The van der Waals surface area contributed by atoms with Gasteiger partial charge in [-0.2, -0.15) is 0 Å². The third-order valence-electron chi connectivity index (χ3n) is 9.03. The Morgan fingerprint density at radius 2 is 1.05 bits per heavy atom. The summed E-state index contributed by atoms with van der Waals surface area (Å²) in [7, 11) is 0. The molecule has 9 nitrogen and oxygen atoms in total. The molecule has 1 aliphatic rings. The first-order valence-electron chi connectivity index (χ1n) is 18.5. The second-order valence-electron chi connectivity index (χ2n) is 13.3. The zero-order valence-electron chi connectivity index (χ0n) is 30.9. The summed E-state index contributed by atoms with van der Waals surface area (Å²) < 4.78 is 38.7. The number of carbonyl (C=O) groups is 2. The van der Waals surface area contributed by atoms with Crippen LogP contribution >= 0.6 is 0 Å². The molecule has 1 heterocycles. The van der Waals surface area contributed by atoms with Crippen molar-refractivity contribution in [1.82, 2.24) is 5.32 Å². The van der Waals surface area contributed by atoms with E-state index < -0.39 is 36.4 Å². The van der Waals surface area contributed by atoms with Gasteiger partial charge < -0.3 is 33.7 Å². The fraction of sp³-hybridized carbons (Fsp3) is 0.261. The Labute approximate surface area is 322 Å². The molecule has 5 atom stereocenters. The molecule has 284 valence electrons. The Balaban J connectivity index is 1.35.